The first-order chi connectivity index (χ1) is 21.8. The molecular formula is C34H50N4O8S. The molecule has 3 amide bonds. The third-order valence-corrected chi connectivity index (χ3v) is 9.38. The van der Waals surface area contributed by atoms with Gasteiger partial charge in [0.15, 0.2) is 11.5 Å². The first-order valence-corrected chi connectivity index (χ1v) is 17.2. The third kappa shape index (κ3) is 10.7. The van der Waals surface area contributed by atoms with Crippen molar-refractivity contribution in [1.82, 2.24) is 20.3 Å². The summed E-state index contributed by atoms with van der Waals surface area (Å²) in [7, 11) is -4.09. The van der Waals surface area contributed by atoms with E-state index in [-0.39, 0.29) is 49.6 Å². The van der Waals surface area contributed by atoms with Gasteiger partial charge in [0.1, 0.15) is 6.04 Å². The summed E-state index contributed by atoms with van der Waals surface area (Å²) in [6.07, 6.45) is -1.14. The number of carbonyl (C=O) groups excluding carboxylic acids is 3. The first-order valence-electron chi connectivity index (χ1n) is 15.8. The molecule has 0 saturated carbocycles. The zero-order valence-corrected chi connectivity index (χ0v) is 29.4. The number of amides is 3. The van der Waals surface area contributed by atoms with E-state index in [1.165, 1.54) is 22.5 Å². The van der Waals surface area contributed by atoms with Gasteiger partial charge in [0, 0.05) is 24.6 Å². The molecule has 260 valence electrons. The fourth-order valence-electron chi connectivity index (χ4n) is 4.93. The molecule has 0 saturated heterocycles. The minimum Gasteiger partial charge on any atom is -0.454 e. The Bertz CT molecular complexity index is 1500. The lowest BCUT2D eigenvalue weighted by Crippen LogP contribution is -2.59. The Kier molecular flexibility index (Phi) is 12.4. The Morgan fingerprint density at radius 3 is 2.15 bits per heavy atom. The van der Waals surface area contributed by atoms with E-state index in [2.05, 4.69) is 16.0 Å². The summed E-state index contributed by atoms with van der Waals surface area (Å²) < 4.78 is 39.7. The van der Waals surface area contributed by atoms with E-state index in [1.807, 2.05) is 44.2 Å². The number of nitrogens with zero attached hydrogens (tertiary/aromatic N) is 1. The zero-order valence-electron chi connectivity index (χ0n) is 28.6. The second-order valence-electron chi connectivity index (χ2n) is 14.4. The van der Waals surface area contributed by atoms with Crippen LogP contribution in [-0.4, -0.2) is 80.2 Å². The molecule has 3 atom stereocenters. The van der Waals surface area contributed by atoms with Gasteiger partial charge >= 0.3 is 0 Å². The number of sulfonamides is 1. The van der Waals surface area contributed by atoms with Gasteiger partial charge in [-0.2, -0.15) is 4.31 Å². The monoisotopic (exact) mass is 674 g/mol. The van der Waals surface area contributed by atoms with E-state index in [9.17, 15) is 27.9 Å². The van der Waals surface area contributed by atoms with Crippen molar-refractivity contribution < 1.29 is 37.4 Å². The molecule has 0 aliphatic carbocycles. The molecule has 1 aliphatic heterocycles. The molecule has 2 aromatic carbocycles. The van der Waals surface area contributed by atoms with Crippen LogP contribution in [0.15, 0.2) is 53.4 Å². The maximum absolute atomic E-state index is 13.9. The summed E-state index contributed by atoms with van der Waals surface area (Å²) in [6, 6.07) is 11.6. The van der Waals surface area contributed by atoms with Crippen molar-refractivity contribution in [2.75, 3.05) is 26.4 Å². The van der Waals surface area contributed by atoms with Gasteiger partial charge in [-0.05, 0) is 35.4 Å². The van der Waals surface area contributed by atoms with Crippen molar-refractivity contribution in [1.29, 1.82) is 0 Å². The van der Waals surface area contributed by atoms with Crippen LogP contribution in [0, 0.1) is 16.7 Å². The quantitative estimate of drug-likeness (QED) is 0.238. The normalized spacial score (nSPS) is 15.2. The van der Waals surface area contributed by atoms with Crippen molar-refractivity contribution >= 4 is 27.7 Å². The Labute approximate surface area is 278 Å². The second kappa shape index (κ2) is 15.5. The largest absolute Gasteiger partial charge is 0.454 e. The number of benzene rings is 2. The van der Waals surface area contributed by atoms with E-state index >= 15 is 0 Å². The van der Waals surface area contributed by atoms with Gasteiger partial charge in [-0.1, -0.05) is 85.7 Å². The van der Waals surface area contributed by atoms with Crippen LogP contribution in [0.1, 0.15) is 61.0 Å². The average Bonchev–Trinajstić information content (AvgIpc) is 3.45. The Morgan fingerprint density at radius 1 is 0.915 bits per heavy atom. The van der Waals surface area contributed by atoms with E-state index in [4.69, 9.17) is 9.47 Å². The predicted octanol–water partition coefficient (Wildman–Crippen LogP) is 2.84. The molecule has 13 heteroatoms. The Morgan fingerprint density at radius 2 is 1.55 bits per heavy atom. The summed E-state index contributed by atoms with van der Waals surface area (Å²) in [6.45, 7) is 13.8. The molecule has 47 heavy (non-hydrogen) atoms. The zero-order chi connectivity index (χ0) is 35.2. The lowest BCUT2D eigenvalue weighted by atomic mass is 9.85. The van der Waals surface area contributed by atoms with E-state index in [0.29, 0.717) is 11.5 Å². The van der Waals surface area contributed by atoms with Crippen LogP contribution in [0.2, 0.25) is 0 Å². The number of fused-ring (bicyclic) bond motifs is 1. The number of hydrogen-bond acceptors (Lipinski definition) is 8. The highest BCUT2D eigenvalue weighted by Crippen LogP contribution is 2.35. The molecule has 1 aliphatic rings. The Hall–Kier alpha value is -3.68. The molecule has 12 nitrogen and oxygen atoms in total. The highest BCUT2D eigenvalue weighted by atomic mass is 32.2. The number of hydrogen-bond donors (Lipinski definition) is 4. The second-order valence-corrected chi connectivity index (χ2v) is 16.3. The summed E-state index contributed by atoms with van der Waals surface area (Å²) in [5.74, 6) is -0.719. The SMILES string of the molecule is CC(C)CN(CC(O)C(Cc1ccccc1)NC(=O)C(NC(=O)CNC(=O)C(C)(C)C)C(C)(C)C)S(=O)(=O)c1ccc2c(c1)OCO2. The predicted molar refractivity (Wildman–Crippen MR) is 178 cm³/mol. The maximum Gasteiger partial charge on any atom is 0.243 e. The fraction of sp³-hybridized carbons (Fsp3) is 0.559. The van der Waals surface area contributed by atoms with Crippen molar-refractivity contribution in [3.05, 3.63) is 54.1 Å². The molecule has 4 N–H and O–H groups in total. The minimum atomic E-state index is -4.09. The van der Waals surface area contributed by atoms with Gasteiger partial charge in [0.2, 0.25) is 34.5 Å². The van der Waals surface area contributed by atoms with Crippen LogP contribution in [0.4, 0.5) is 0 Å². The molecule has 2 aromatic rings. The van der Waals surface area contributed by atoms with E-state index < -0.39 is 50.9 Å². The molecule has 1 heterocycles. The molecule has 0 radical (unpaired) electrons. The number of aliphatic hydroxyl groups is 1. The highest BCUT2D eigenvalue weighted by Gasteiger charge is 2.37. The lowest BCUT2D eigenvalue weighted by Gasteiger charge is -2.34. The average molecular weight is 675 g/mol. The van der Waals surface area contributed by atoms with Gasteiger partial charge in [0.25, 0.3) is 0 Å². The van der Waals surface area contributed by atoms with E-state index in [1.54, 1.807) is 41.5 Å². The maximum atomic E-state index is 13.9. The molecular weight excluding hydrogens is 624 g/mol. The van der Waals surface area contributed by atoms with Crippen LogP contribution in [0.25, 0.3) is 0 Å². The van der Waals surface area contributed by atoms with Crippen molar-refractivity contribution in [3.8, 4) is 11.5 Å². The fourth-order valence-corrected chi connectivity index (χ4v) is 6.57. The van der Waals surface area contributed by atoms with Gasteiger partial charge in [-0.3, -0.25) is 14.4 Å². The lowest BCUT2D eigenvalue weighted by molar-refractivity contribution is -0.134. The van der Waals surface area contributed by atoms with Crippen LogP contribution in [0.3, 0.4) is 0 Å². The standard InChI is InChI=1S/C34H50N4O8S/c1-22(2)19-38(47(43,44)24-14-15-27-28(17-24)46-21-45-27)20-26(39)25(16-23-12-10-9-11-13-23)36-31(41)30(33(3,4)5)37-29(40)18-35-32(42)34(6,7)8/h9-15,17,22,25-26,30,39H,16,18-21H2,1-8H3,(H,35,42)(H,36,41)(H,37,40). The highest BCUT2D eigenvalue weighted by molar-refractivity contribution is 7.89. The number of ether oxygens (including phenoxy) is 2. The van der Waals surface area contributed by atoms with Gasteiger partial charge in [0.05, 0.1) is 23.6 Å². The topological polar surface area (TPSA) is 163 Å². The van der Waals surface area contributed by atoms with Crippen LogP contribution in [0.5, 0.6) is 11.5 Å². The van der Waals surface area contributed by atoms with Gasteiger partial charge < -0.3 is 30.5 Å². The Balaban J connectivity index is 1.86. The summed E-state index contributed by atoms with van der Waals surface area (Å²) >= 11 is 0. The number of carbonyl (C=O) groups is 3. The molecule has 3 unspecified atom stereocenters. The van der Waals surface area contributed by atoms with Crippen LogP contribution in [-0.2, 0) is 30.8 Å². The molecule has 3 rings (SSSR count). The van der Waals surface area contributed by atoms with Gasteiger partial charge in [-0.25, -0.2) is 8.42 Å². The number of rotatable bonds is 14. The van der Waals surface area contributed by atoms with Crippen molar-refractivity contribution in [2.24, 2.45) is 16.7 Å². The van der Waals surface area contributed by atoms with Crippen molar-refractivity contribution in [3.63, 3.8) is 0 Å². The van der Waals surface area contributed by atoms with Crippen LogP contribution < -0.4 is 25.4 Å². The summed E-state index contributed by atoms with van der Waals surface area (Å²) in [5, 5.41) is 19.9. The summed E-state index contributed by atoms with van der Waals surface area (Å²) in [4.78, 5) is 39.0. The number of aliphatic hydroxyl groups excluding tert-OH is 1. The molecule has 0 aromatic heterocycles. The van der Waals surface area contributed by atoms with Crippen LogP contribution >= 0.6 is 0 Å². The van der Waals surface area contributed by atoms with Gasteiger partial charge in [-0.15, -0.1) is 0 Å². The minimum absolute atomic E-state index is 0.00428. The van der Waals surface area contributed by atoms with Crippen molar-refractivity contribution in [2.45, 2.75) is 84.9 Å². The molecule has 0 bridgehead atoms. The summed E-state index contributed by atoms with van der Waals surface area (Å²) in [5.41, 5.74) is -0.628. The third-order valence-electron chi connectivity index (χ3n) is 7.56. The smallest absolute Gasteiger partial charge is 0.243 e. The number of nitrogens with one attached hydrogen (secondary N) is 3. The molecule has 0 spiro atoms. The first kappa shape index (κ1) is 37.8. The van der Waals surface area contributed by atoms with E-state index in [0.717, 1.165) is 5.56 Å². The molecule has 0 fully saturated rings.